The van der Waals surface area contributed by atoms with E-state index in [9.17, 15) is 9.59 Å². The Morgan fingerprint density at radius 3 is 2.18 bits per heavy atom. The summed E-state index contributed by atoms with van der Waals surface area (Å²) in [6.45, 7) is 6.10. The van der Waals surface area contributed by atoms with Crippen LogP contribution in [0.5, 0.6) is 0 Å². The van der Waals surface area contributed by atoms with Crippen molar-refractivity contribution in [1.29, 1.82) is 0 Å². The molecular weight excluding hydrogens is 220 g/mol. The van der Waals surface area contributed by atoms with E-state index >= 15 is 0 Å². The molecule has 2 atom stereocenters. The number of hydrogen-bond acceptors (Lipinski definition) is 2. The van der Waals surface area contributed by atoms with Crippen LogP contribution in [0.25, 0.3) is 0 Å². The first-order chi connectivity index (χ1) is 7.74. The second-order valence-electron chi connectivity index (χ2n) is 6.03. The molecule has 0 aromatic carbocycles. The number of carboxylic acids is 2. The van der Waals surface area contributed by atoms with Gasteiger partial charge in [-0.05, 0) is 30.1 Å². The van der Waals surface area contributed by atoms with Crippen LogP contribution in [-0.4, -0.2) is 22.2 Å². The summed E-state index contributed by atoms with van der Waals surface area (Å²) in [6, 6.07) is 0. The van der Waals surface area contributed by atoms with E-state index in [-0.39, 0.29) is 17.3 Å². The van der Waals surface area contributed by atoms with Crippen molar-refractivity contribution >= 4 is 11.9 Å². The fraction of sp³-hybridized carbons (Fsp3) is 0.846. The molecule has 0 aromatic heterocycles. The lowest BCUT2D eigenvalue weighted by atomic mass is 9.66. The van der Waals surface area contributed by atoms with Crippen molar-refractivity contribution in [1.82, 2.24) is 0 Å². The Morgan fingerprint density at radius 1 is 1.24 bits per heavy atom. The molecule has 17 heavy (non-hydrogen) atoms. The zero-order chi connectivity index (χ0) is 13.2. The lowest BCUT2D eigenvalue weighted by molar-refractivity contribution is -0.158. The van der Waals surface area contributed by atoms with E-state index in [1.54, 1.807) is 6.92 Å². The number of hydrogen-bond donors (Lipinski definition) is 2. The summed E-state index contributed by atoms with van der Waals surface area (Å²) >= 11 is 0. The molecular formula is C13H22O4. The average Bonchev–Trinajstić information content (AvgIpc) is 2.14. The van der Waals surface area contributed by atoms with Crippen molar-refractivity contribution in [3.8, 4) is 0 Å². The van der Waals surface area contributed by atoms with Crippen LogP contribution >= 0.6 is 0 Å². The minimum Gasteiger partial charge on any atom is -0.481 e. The quantitative estimate of drug-likeness (QED) is 0.743. The summed E-state index contributed by atoms with van der Waals surface area (Å²) in [4.78, 5) is 22.0. The van der Waals surface area contributed by atoms with Crippen molar-refractivity contribution in [2.75, 3.05) is 0 Å². The van der Waals surface area contributed by atoms with Crippen LogP contribution in [0.1, 0.15) is 46.5 Å². The van der Waals surface area contributed by atoms with Crippen molar-refractivity contribution in [3.05, 3.63) is 0 Å². The van der Waals surface area contributed by atoms with Gasteiger partial charge in [-0.15, -0.1) is 0 Å². The SMILES string of the molecule is CC(C1CCCC(C)(C)C1)C(C(=O)O)C(=O)O. The summed E-state index contributed by atoms with van der Waals surface area (Å²) < 4.78 is 0. The van der Waals surface area contributed by atoms with E-state index in [4.69, 9.17) is 10.2 Å². The smallest absolute Gasteiger partial charge is 0.318 e. The van der Waals surface area contributed by atoms with Crippen molar-refractivity contribution in [2.24, 2.45) is 23.2 Å². The lowest BCUT2D eigenvalue weighted by Gasteiger charge is -2.39. The Hall–Kier alpha value is -1.06. The van der Waals surface area contributed by atoms with Crippen molar-refractivity contribution in [2.45, 2.75) is 46.5 Å². The zero-order valence-corrected chi connectivity index (χ0v) is 10.8. The molecule has 0 heterocycles. The molecule has 4 heteroatoms. The molecule has 1 saturated carbocycles. The highest BCUT2D eigenvalue weighted by Crippen LogP contribution is 2.43. The Labute approximate surface area is 102 Å². The second-order valence-corrected chi connectivity index (χ2v) is 6.03. The minimum absolute atomic E-state index is 0.205. The summed E-state index contributed by atoms with van der Waals surface area (Å²) in [5.74, 6) is -3.80. The highest BCUT2D eigenvalue weighted by atomic mass is 16.4. The predicted molar refractivity (Wildman–Crippen MR) is 63.7 cm³/mol. The van der Waals surface area contributed by atoms with E-state index < -0.39 is 17.9 Å². The van der Waals surface area contributed by atoms with Gasteiger partial charge in [0, 0.05) is 0 Å². The molecule has 0 aromatic rings. The van der Waals surface area contributed by atoms with E-state index in [2.05, 4.69) is 13.8 Å². The van der Waals surface area contributed by atoms with Crippen LogP contribution in [0, 0.1) is 23.2 Å². The minimum atomic E-state index is -1.27. The number of rotatable bonds is 4. The van der Waals surface area contributed by atoms with Crippen LogP contribution in [0.3, 0.4) is 0 Å². The third-order valence-electron chi connectivity index (χ3n) is 4.04. The van der Waals surface area contributed by atoms with E-state index in [1.807, 2.05) is 0 Å². The van der Waals surface area contributed by atoms with E-state index in [0.717, 1.165) is 25.7 Å². The highest BCUT2D eigenvalue weighted by molar-refractivity contribution is 5.93. The summed E-state index contributed by atoms with van der Waals surface area (Å²) in [5, 5.41) is 18.0. The highest BCUT2D eigenvalue weighted by Gasteiger charge is 2.40. The van der Waals surface area contributed by atoms with Gasteiger partial charge in [0.15, 0.2) is 5.92 Å². The van der Waals surface area contributed by atoms with Gasteiger partial charge >= 0.3 is 11.9 Å². The zero-order valence-electron chi connectivity index (χ0n) is 10.8. The van der Waals surface area contributed by atoms with Crippen molar-refractivity contribution < 1.29 is 19.8 Å². The predicted octanol–water partition coefficient (Wildman–Crippen LogP) is 2.62. The Bertz CT molecular complexity index is 295. The summed E-state index contributed by atoms with van der Waals surface area (Å²) in [6.07, 6.45) is 4.07. The normalized spacial score (nSPS) is 25.5. The Kier molecular flexibility index (Phi) is 4.17. The third kappa shape index (κ3) is 3.45. The molecule has 0 bridgehead atoms. The van der Waals surface area contributed by atoms with Gasteiger partial charge in [0.2, 0.25) is 0 Å². The van der Waals surface area contributed by atoms with Crippen LogP contribution in [-0.2, 0) is 9.59 Å². The van der Waals surface area contributed by atoms with Gasteiger partial charge in [0.25, 0.3) is 0 Å². The van der Waals surface area contributed by atoms with E-state index in [1.165, 1.54) is 0 Å². The Morgan fingerprint density at radius 2 is 1.76 bits per heavy atom. The van der Waals surface area contributed by atoms with Gasteiger partial charge in [0.05, 0.1) is 0 Å². The molecule has 0 radical (unpaired) electrons. The van der Waals surface area contributed by atoms with Gasteiger partial charge in [-0.3, -0.25) is 9.59 Å². The molecule has 0 amide bonds. The molecule has 0 aliphatic heterocycles. The maximum atomic E-state index is 11.0. The first kappa shape index (κ1) is 14.0. The topological polar surface area (TPSA) is 74.6 Å². The standard InChI is InChI=1S/C13H22O4/c1-8(10(11(14)15)12(16)17)9-5-4-6-13(2,3)7-9/h8-10H,4-7H2,1-3H3,(H,14,15)(H,16,17). The first-order valence-electron chi connectivity index (χ1n) is 6.20. The fourth-order valence-corrected chi connectivity index (χ4v) is 3.03. The van der Waals surface area contributed by atoms with Crippen LogP contribution in [0.2, 0.25) is 0 Å². The van der Waals surface area contributed by atoms with Crippen LogP contribution in [0.4, 0.5) is 0 Å². The summed E-state index contributed by atoms with van der Waals surface area (Å²) in [5.41, 5.74) is 0.207. The molecule has 98 valence electrons. The van der Waals surface area contributed by atoms with Crippen molar-refractivity contribution in [3.63, 3.8) is 0 Å². The molecule has 2 N–H and O–H groups in total. The number of carboxylic acid groups (broad SMARTS) is 2. The summed E-state index contributed by atoms with van der Waals surface area (Å²) in [7, 11) is 0. The monoisotopic (exact) mass is 242 g/mol. The number of aliphatic carboxylic acids is 2. The van der Waals surface area contributed by atoms with Gasteiger partial charge in [0.1, 0.15) is 0 Å². The van der Waals surface area contributed by atoms with Crippen LogP contribution in [0.15, 0.2) is 0 Å². The molecule has 1 fully saturated rings. The molecule has 2 unspecified atom stereocenters. The first-order valence-corrected chi connectivity index (χ1v) is 6.20. The van der Waals surface area contributed by atoms with Crippen LogP contribution < -0.4 is 0 Å². The van der Waals surface area contributed by atoms with Gasteiger partial charge in [-0.2, -0.15) is 0 Å². The third-order valence-corrected chi connectivity index (χ3v) is 4.04. The van der Waals surface area contributed by atoms with Gasteiger partial charge in [-0.1, -0.05) is 33.6 Å². The average molecular weight is 242 g/mol. The molecule has 1 aliphatic carbocycles. The second kappa shape index (κ2) is 5.07. The van der Waals surface area contributed by atoms with E-state index in [0.29, 0.717) is 0 Å². The molecule has 4 nitrogen and oxygen atoms in total. The number of carbonyl (C=O) groups is 2. The molecule has 0 saturated heterocycles. The lowest BCUT2D eigenvalue weighted by Crippen LogP contribution is -2.37. The van der Waals surface area contributed by atoms with Gasteiger partial charge < -0.3 is 10.2 Å². The maximum Gasteiger partial charge on any atom is 0.318 e. The Balaban J connectivity index is 2.77. The largest absolute Gasteiger partial charge is 0.481 e. The van der Waals surface area contributed by atoms with Gasteiger partial charge in [-0.25, -0.2) is 0 Å². The fourth-order valence-electron chi connectivity index (χ4n) is 3.03. The maximum absolute atomic E-state index is 11.0. The molecule has 0 spiro atoms. The molecule has 1 aliphatic rings. The molecule has 1 rings (SSSR count).